The van der Waals surface area contributed by atoms with Crippen molar-refractivity contribution in [3.8, 4) is 5.75 Å². The van der Waals surface area contributed by atoms with Crippen LogP contribution >= 0.6 is 0 Å². The predicted molar refractivity (Wildman–Crippen MR) is 86.8 cm³/mol. The molecular formula is C17H22N2O4. The molecule has 1 aliphatic heterocycles. The number of nitro groups is 1. The molecule has 1 saturated carbocycles. The summed E-state index contributed by atoms with van der Waals surface area (Å²) in [6, 6.07) is 4.43. The summed E-state index contributed by atoms with van der Waals surface area (Å²) < 4.78 is 5.52. The van der Waals surface area contributed by atoms with Crippen molar-refractivity contribution in [3.05, 3.63) is 28.3 Å². The molecular weight excluding hydrogens is 296 g/mol. The lowest BCUT2D eigenvalue weighted by molar-refractivity contribution is -0.384. The standard InChI is InChI=1S/C17H22N2O4/c20-17(9-6-13-4-2-1-3-5-13)18-10-11-23-16-8-7-14(19(21)22)12-15(16)18/h7-8,12-13H,1-6,9-11H2. The van der Waals surface area contributed by atoms with Crippen LogP contribution in [-0.4, -0.2) is 24.0 Å². The zero-order valence-corrected chi connectivity index (χ0v) is 13.2. The number of carbonyl (C=O) groups is 1. The maximum atomic E-state index is 12.6. The van der Waals surface area contributed by atoms with Crippen LogP contribution in [0.25, 0.3) is 0 Å². The van der Waals surface area contributed by atoms with Crippen molar-refractivity contribution < 1.29 is 14.5 Å². The van der Waals surface area contributed by atoms with Gasteiger partial charge in [-0.1, -0.05) is 32.1 Å². The van der Waals surface area contributed by atoms with Gasteiger partial charge in [0, 0.05) is 18.6 Å². The minimum atomic E-state index is -0.445. The highest BCUT2D eigenvalue weighted by Gasteiger charge is 2.26. The summed E-state index contributed by atoms with van der Waals surface area (Å²) in [6.07, 6.45) is 7.71. The topological polar surface area (TPSA) is 72.7 Å². The molecule has 3 rings (SSSR count). The van der Waals surface area contributed by atoms with E-state index in [1.54, 1.807) is 11.0 Å². The van der Waals surface area contributed by atoms with Crippen LogP contribution in [0.3, 0.4) is 0 Å². The molecule has 1 aromatic carbocycles. The Labute approximate surface area is 135 Å². The largest absolute Gasteiger partial charge is 0.490 e. The van der Waals surface area contributed by atoms with Crippen LogP contribution in [0.4, 0.5) is 11.4 Å². The lowest BCUT2D eigenvalue weighted by Gasteiger charge is -2.30. The highest BCUT2D eigenvalue weighted by atomic mass is 16.6. The van der Waals surface area contributed by atoms with E-state index in [1.807, 2.05) is 0 Å². The number of benzene rings is 1. The summed E-state index contributed by atoms with van der Waals surface area (Å²) in [7, 11) is 0. The van der Waals surface area contributed by atoms with Crippen molar-refractivity contribution in [2.24, 2.45) is 5.92 Å². The van der Waals surface area contributed by atoms with Gasteiger partial charge in [-0.25, -0.2) is 0 Å². The maximum absolute atomic E-state index is 12.6. The molecule has 23 heavy (non-hydrogen) atoms. The van der Waals surface area contributed by atoms with Crippen molar-refractivity contribution in [3.63, 3.8) is 0 Å². The number of amides is 1. The summed E-state index contributed by atoms with van der Waals surface area (Å²) in [5.74, 6) is 1.24. The molecule has 6 heteroatoms. The Hall–Kier alpha value is -2.11. The zero-order valence-electron chi connectivity index (χ0n) is 13.2. The average Bonchev–Trinajstić information content (AvgIpc) is 2.59. The van der Waals surface area contributed by atoms with Crippen molar-refractivity contribution in [1.82, 2.24) is 0 Å². The van der Waals surface area contributed by atoms with Gasteiger partial charge >= 0.3 is 0 Å². The first-order valence-corrected chi connectivity index (χ1v) is 8.37. The van der Waals surface area contributed by atoms with Crippen molar-refractivity contribution in [1.29, 1.82) is 0 Å². The lowest BCUT2D eigenvalue weighted by atomic mass is 9.86. The van der Waals surface area contributed by atoms with Gasteiger partial charge < -0.3 is 9.64 Å². The minimum absolute atomic E-state index is 0.0145. The number of hydrogen-bond donors (Lipinski definition) is 0. The molecule has 1 fully saturated rings. The van der Waals surface area contributed by atoms with Crippen molar-refractivity contribution >= 4 is 17.3 Å². The Kier molecular flexibility index (Phi) is 4.79. The monoisotopic (exact) mass is 318 g/mol. The number of non-ortho nitro benzene ring substituents is 1. The third-order valence-corrected chi connectivity index (χ3v) is 4.81. The van der Waals surface area contributed by atoms with Gasteiger partial charge in [-0.3, -0.25) is 14.9 Å². The third-order valence-electron chi connectivity index (χ3n) is 4.81. The highest BCUT2D eigenvalue weighted by molar-refractivity contribution is 5.95. The molecule has 0 saturated heterocycles. The summed E-state index contributed by atoms with van der Waals surface area (Å²) in [4.78, 5) is 24.7. The molecule has 0 aromatic heterocycles. The molecule has 1 aliphatic carbocycles. The molecule has 0 atom stereocenters. The first kappa shape index (κ1) is 15.8. The number of nitrogens with zero attached hydrogens (tertiary/aromatic N) is 2. The number of nitro benzene ring substituents is 1. The zero-order chi connectivity index (χ0) is 16.2. The van der Waals surface area contributed by atoms with E-state index < -0.39 is 4.92 Å². The molecule has 0 spiro atoms. The van der Waals surface area contributed by atoms with Gasteiger partial charge in [0.05, 0.1) is 17.2 Å². The van der Waals surface area contributed by atoms with E-state index in [-0.39, 0.29) is 11.6 Å². The van der Waals surface area contributed by atoms with Crippen LogP contribution in [0.2, 0.25) is 0 Å². The summed E-state index contributed by atoms with van der Waals surface area (Å²) in [5.41, 5.74) is 0.512. The molecule has 2 aliphatic rings. The number of rotatable bonds is 4. The Morgan fingerprint density at radius 2 is 2.09 bits per heavy atom. The quantitative estimate of drug-likeness (QED) is 0.627. The minimum Gasteiger partial charge on any atom is -0.490 e. The van der Waals surface area contributed by atoms with Crippen LogP contribution in [0.15, 0.2) is 18.2 Å². The van der Waals surface area contributed by atoms with Crippen LogP contribution < -0.4 is 9.64 Å². The Morgan fingerprint density at radius 3 is 2.83 bits per heavy atom. The number of carbonyl (C=O) groups excluding carboxylic acids is 1. The fourth-order valence-electron chi connectivity index (χ4n) is 3.52. The van der Waals surface area contributed by atoms with Gasteiger partial charge in [0.25, 0.3) is 5.69 Å². The second kappa shape index (κ2) is 6.98. The fraction of sp³-hybridized carbons (Fsp3) is 0.588. The first-order valence-electron chi connectivity index (χ1n) is 8.37. The van der Waals surface area contributed by atoms with Crippen molar-refractivity contribution in [2.75, 3.05) is 18.1 Å². The normalized spacial score (nSPS) is 18.2. The molecule has 0 bridgehead atoms. The first-order chi connectivity index (χ1) is 11.1. The predicted octanol–water partition coefficient (Wildman–Crippen LogP) is 3.68. The van der Waals surface area contributed by atoms with E-state index in [2.05, 4.69) is 0 Å². The smallest absolute Gasteiger partial charge is 0.271 e. The Balaban J connectivity index is 1.69. The molecule has 6 nitrogen and oxygen atoms in total. The average molecular weight is 318 g/mol. The van der Waals surface area contributed by atoms with Crippen LogP contribution in [0.5, 0.6) is 5.75 Å². The van der Waals surface area contributed by atoms with Gasteiger partial charge in [0.1, 0.15) is 12.4 Å². The van der Waals surface area contributed by atoms with Gasteiger partial charge in [0.15, 0.2) is 0 Å². The van der Waals surface area contributed by atoms with Crippen molar-refractivity contribution in [2.45, 2.75) is 44.9 Å². The second-order valence-corrected chi connectivity index (χ2v) is 6.35. The van der Waals surface area contributed by atoms with Crippen LogP contribution in [0.1, 0.15) is 44.9 Å². The van der Waals surface area contributed by atoms with Crippen LogP contribution in [-0.2, 0) is 4.79 Å². The molecule has 1 aromatic rings. The fourth-order valence-corrected chi connectivity index (χ4v) is 3.52. The second-order valence-electron chi connectivity index (χ2n) is 6.35. The van der Waals surface area contributed by atoms with Gasteiger partial charge in [0.2, 0.25) is 5.91 Å². The van der Waals surface area contributed by atoms with E-state index in [1.165, 1.54) is 44.2 Å². The third kappa shape index (κ3) is 3.63. The maximum Gasteiger partial charge on any atom is 0.271 e. The van der Waals surface area contributed by atoms with E-state index in [0.717, 1.165) is 6.42 Å². The molecule has 0 radical (unpaired) electrons. The van der Waals surface area contributed by atoms with E-state index in [4.69, 9.17) is 4.74 Å². The molecule has 0 unspecified atom stereocenters. The number of anilines is 1. The molecule has 124 valence electrons. The number of fused-ring (bicyclic) bond motifs is 1. The van der Waals surface area contributed by atoms with Gasteiger partial charge in [-0.15, -0.1) is 0 Å². The summed E-state index contributed by atoms with van der Waals surface area (Å²) >= 11 is 0. The Morgan fingerprint density at radius 1 is 1.30 bits per heavy atom. The van der Waals surface area contributed by atoms with Crippen LogP contribution in [0, 0.1) is 16.0 Å². The number of ether oxygens (including phenoxy) is 1. The van der Waals surface area contributed by atoms with E-state index in [0.29, 0.717) is 36.9 Å². The Bertz CT molecular complexity index is 596. The van der Waals surface area contributed by atoms with Gasteiger partial charge in [-0.05, 0) is 18.4 Å². The van der Waals surface area contributed by atoms with E-state index in [9.17, 15) is 14.9 Å². The molecule has 1 heterocycles. The summed E-state index contributed by atoms with van der Waals surface area (Å²) in [5, 5.41) is 11.0. The SMILES string of the molecule is O=C(CCC1CCCCC1)N1CCOc2ccc([N+](=O)[O-])cc21. The number of hydrogen-bond acceptors (Lipinski definition) is 4. The molecule has 0 N–H and O–H groups in total. The molecule has 1 amide bonds. The summed E-state index contributed by atoms with van der Waals surface area (Å²) in [6.45, 7) is 0.887. The van der Waals surface area contributed by atoms with E-state index >= 15 is 0 Å². The lowest BCUT2D eigenvalue weighted by Crippen LogP contribution is -2.38. The van der Waals surface area contributed by atoms with Gasteiger partial charge in [-0.2, -0.15) is 0 Å². The highest BCUT2D eigenvalue weighted by Crippen LogP contribution is 2.36.